The second kappa shape index (κ2) is 15.5. The van der Waals surface area contributed by atoms with Crippen molar-refractivity contribution in [1.29, 1.82) is 0 Å². The molecule has 0 bridgehead atoms. The number of carbonyl (C=O) groups is 2. The topological polar surface area (TPSA) is 159 Å². The minimum Gasteiger partial charge on any atom is -0.392 e. The van der Waals surface area contributed by atoms with Gasteiger partial charge in [-0.2, -0.15) is 0 Å². The highest BCUT2D eigenvalue weighted by Crippen LogP contribution is 2.40. The van der Waals surface area contributed by atoms with Gasteiger partial charge in [-0.1, -0.05) is 20.4 Å². The van der Waals surface area contributed by atoms with Crippen LogP contribution in [-0.4, -0.2) is 106 Å². The third-order valence-electron chi connectivity index (χ3n) is 11.5. The largest absolute Gasteiger partial charge is 0.392 e. The van der Waals surface area contributed by atoms with Crippen molar-refractivity contribution in [2.45, 2.75) is 58.9 Å². The van der Waals surface area contributed by atoms with Gasteiger partial charge < -0.3 is 39.2 Å². The standard InChI is InChI=1S/C42H51N9O6/c1-6-37(53)45-32-18-28(7-8-34(32)49-12-11-48(21-26(49)2)22-29-25-56-15-16-57-29)44-38-41(55)47(5)23-33(46-38)30-9-10-43-39(31(30)24-52)51-14-13-50-35(40(51)54)17-27-19-42(3,4)20-36(27)50/h6-10,17-18,23,26,29,52H,1,11-16,19-22,24-25H2,2-5H3,(H,44,46)(H,45,53)/t26-,29-/m0/s1. The zero-order valence-electron chi connectivity index (χ0n) is 33.1. The van der Waals surface area contributed by atoms with Crippen LogP contribution in [0.4, 0.5) is 28.7 Å². The van der Waals surface area contributed by atoms with Gasteiger partial charge in [0.1, 0.15) is 11.5 Å². The molecule has 0 spiro atoms. The average molecular weight is 778 g/mol. The Bertz CT molecular complexity index is 2280. The van der Waals surface area contributed by atoms with E-state index in [1.165, 1.54) is 21.9 Å². The summed E-state index contributed by atoms with van der Waals surface area (Å²) in [5, 5.41) is 16.9. The molecule has 15 heteroatoms. The van der Waals surface area contributed by atoms with Gasteiger partial charge in [0, 0.05) is 87.3 Å². The molecule has 1 aliphatic carbocycles. The van der Waals surface area contributed by atoms with Gasteiger partial charge in [0.25, 0.3) is 11.5 Å². The molecule has 57 heavy (non-hydrogen) atoms. The minimum absolute atomic E-state index is 0.0474. The monoisotopic (exact) mass is 777 g/mol. The Morgan fingerprint density at radius 2 is 1.95 bits per heavy atom. The number of aromatic nitrogens is 4. The van der Waals surface area contributed by atoms with Crippen molar-refractivity contribution in [3.63, 3.8) is 0 Å². The summed E-state index contributed by atoms with van der Waals surface area (Å²) in [5.74, 6) is -0.107. The number of aliphatic hydroxyl groups excluding tert-OH is 1. The number of aryl methyl sites for hydroxylation is 1. The second-order valence-corrected chi connectivity index (χ2v) is 16.3. The Morgan fingerprint density at radius 3 is 2.70 bits per heavy atom. The van der Waals surface area contributed by atoms with Crippen molar-refractivity contribution in [2.75, 3.05) is 73.0 Å². The third-order valence-corrected chi connectivity index (χ3v) is 11.5. The summed E-state index contributed by atoms with van der Waals surface area (Å²) in [5.41, 5.74) is 6.23. The molecule has 15 nitrogen and oxygen atoms in total. The molecule has 1 aromatic carbocycles. The lowest BCUT2D eigenvalue weighted by Gasteiger charge is -2.43. The molecule has 300 valence electrons. The summed E-state index contributed by atoms with van der Waals surface area (Å²) < 4.78 is 15.0. The van der Waals surface area contributed by atoms with Gasteiger partial charge in [-0.3, -0.25) is 24.2 Å². The zero-order chi connectivity index (χ0) is 40.0. The van der Waals surface area contributed by atoms with Gasteiger partial charge >= 0.3 is 0 Å². The maximum absolute atomic E-state index is 14.0. The number of amides is 2. The summed E-state index contributed by atoms with van der Waals surface area (Å²) in [4.78, 5) is 55.8. The van der Waals surface area contributed by atoms with Crippen LogP contribution in [0.3, 0.4) is 0 Å². The Hall–Kier alpha value is -5.35. The Morgan fingerprint density at radius 1 is 1.11 bits per heavy atom. The molecule has 2 amide bonds. The Balaban J connectivity index is 1.05. The highest BCUT2D eigenvalue weighted by Gasteiger charge is 2.38. The van der Waals surface area contributed by atoms with E-state index >= 15 is 0 Å². The van der Waals surface area contributed by atoms with Crippen molar-refractivity contribution in [1.82, 2.24) is 24.0 Å². The number of nitrogens with one attached hydrogen (secondary N) is 2. The van der Waals surface area contributed by atoms with Crippen LogP contribution < -0.4 is 26.0 Å². The van der Waals surface area contributed by atoms with Gasteiger partial charge in [0.15, 0.2) is 5.82 Å². The number of hydrogen-bond donors (Lipinski definition) is 3. The number of rotatable bonds is 10. The fourth-order valence-electron chi connectivity index (χ4n) is 8.81. The summed E-state index contributed by atoms with van der Waals surface area (Å²) >= 11 is 0. The number of anilines is 5. The van der Waals surface area contributed by atoms with Gasteiger partial charge in [-0.15, -0.1) is 0 Å². The van der Waals surface area contributed by atoms with Crippen LogP contribution in [-0.2, 0) is 47.3 Å². The van der Waals surface area contributed by atoms with Gasteiger partial charge in [0.2, 0.25) is 5.91 Å². The minimum atomic E-state index is -0.398. The van der Waals surface area contributed by atoms with E-state index in [0.717, 1.165) is 44.7 Å². The smallest absolute Gasteiger partial charge is 0.293 e. The van der Waals surface area contributed by atoms with E-state index in [9.17, 15) is 19.5 Å². The predicted octanol–water partition coefficient (Wildman–Crippen LogP) is 3.72. The third kappa shape index (κ3) is 7.59. The van der Waals surface area contributed by atoms with Crippen LogP contribution in [0, 0.1) is 5.41 Å². The van der Waals surface area contributed by atoms with Crippen LogP contribution in [0.25, 0.3) is 11.3 Å². The molecule has 2 saturated heterocycles. The Kier molecular flexibility index (Phi) is 10.5. The summed E-state index contributed by atoms with van der Waals surface area (Å²) in [7, 11) is 1.63. The molecule has 0 unspecified atom stereocenters. The van der Waals surface area contributed by atoms with E-state index in [1.54, 1.807) is 36.5 Å². The second-order valence-electron chi connectivity index (χ2n) is 16.3. The Labute approximate surface area is 331 Å². The molecule has 2 atom stereocenters. The van der Waals surface area contributed by atoms with Crippen molar-refractivity contribution in [3.8, 4) is 11.3 Å². The number of piperazine rings is 1. The van der Waals surface area contributed by atoms with Gasteiger partial charge in [-0.25, -0.2) is 9.97 Å². The first-order valence-electron chi connectivity index (χ1n) is 19.7. The predicted molar refractivity (Wildman–Crippen MR) is 218 cm³/mol. The van der Waals surface area contributed by atoms with Gasteiger partial charge in [-0.05, 0) is 67.2 Å². The van der Waals surface area contributed by atoms with E-state index in [2.05, 4.69) is 57.3 Å². The number of carbonyl (C=O) groups excluding carboxylic acids is 2. The van der Waals surface area contributed by atoms with Crippen molar-refractivity contribution < 1.29 is 24.2 Å². The fourth-order valence-corrected chi connectivity index (χ4v) is 8.81. The quantitative estimate of drug-likeness (QED) is 0.202. The number of ether oxygens (including phenoxy) is 2. The van der Waals surface area contributed by atoms with Crippen molar-refractivity contribution >= 4 is 40.5 Å². The van der Waals surface area contributed by atoms with Crippen LogP contribution in [0.1, 0.15) is 48.1 Å². The zero-order valence-corrected chi connectivity index (χ0v) is 33.1. The maximum Gasteiger partial charge on any atom is 0.293 e. The van der Waals surface area contributed by atoms with Crippen LogP contribution in [0.5, 0.6) is 0 Å². The highest BCUT2D eigenvalue weighted by molar-refractivity contribution is 6.06. The van der Waals surface area contributed by atoms with Crippen LogP contribution in [0.15, 0.2) is 60.2 Å². The first kappa shape index (κ1) is 38.5. The first-order valence-corrected chi connectivity index (χ1v) is 19.7. The van der Waals surface area contributed by atoms with E-state index in [-0.39, 0.29) is 40.8 Å². The molecule has 3 N–H and O–H groups in total. The molecule has 0 saturated carbocycles. The molecular formula is C42H51N9O6. The molecule has 3 aliphatic heterocycles. The maximum atomic E-state index is 14.0. The molecular weight excluding hydrogens is 727 g/mol. The lowest BCUT2D eigenvalue weighted by molar-refractivity contribution is -0.111. The normalized spacial score (nSPS) is 20.6. The molecule has 4 aliphatic rings. The van der Waals surface area contributed by atoms with Crippen LogP contribution in [0.2, 0.25) is 0 Å². The lowest BCUT2D eigenvalue weighted by atomic mass is 9.90. The van der Waals surface area contributed by atoms with E-state index in [4.69, 9.17) is 14.5 Å². The number of aliphatic hydroxyl groups is 1. The number of hydrogen-bond acceptors (Lipinski definition) is 11. The molecule has 3 aromatic heterocycles. The molecule has 2 fully saturated rings. The summed E-state index contributed by atoms with van der Waals surface area (Å²) in [6.45, 7) is 16.0. The molecule has 8 rings (SSSR count). The van der Waals surface area contributed by atoms with E-state index < -0.39 is 6.61 Å². The lowest BCUT2D eigenvalue weighted by Crippen LogP contribution is -2.54. The fraction of sp³-hybridized carbons (Fsp3) is 0.452. The number of pyridine rings is 1. The number of fused-ring (bicyclic) bond motifs is 3. The van der Waals surface area contributed by atoms with Crippen LogP contribution >= 0.6 is 0 Å². The first-order chi connectivity index (χ1) is 27.4. The molecule has 6 heterocycles. The SMILES string of the molecule is C=CC(=O)Nc1cc(Nc2nc(-c3ccnc(N4CCn5c(cc6c5CC(C)(C)C6)C4=O)c3CO)cn(C)c2=O)ccc1N1CCN(C[C@H]2COCCO2)C[C@@H]1C. The van der Waals surface area contributed by atoms with Gasteiger partial charge in [0.05, 0.1) is 49.6 Å². The summed E-state index contributed by atoms with van der Waals surface area (Å²) in [6, 6.07) is 9.46. The number of nitrogens with zero attached hydrogens (tertiary/aromatic N) is 7. The average Bonchev–Trinajstić information content (AvgIpc) is 3.69. The number of benzene rings is 1. The van der Waals surface area contributed by atoms with E-state index in [1.807, 2.05) is 18.2 Å². The van der Waals surface area contributed by atoms with E-state index in [0.29, 0.717) is 72.6 Å². The van der Waals surface area contributed by atoms with Crippen molar-refractivity contribution in [2.24, 2.45) is 12.5 Å². The summed E-state index contributed by atoms with van der Waals surface area (Å²) in [6.07, 6.45) is 6.34. The highest BCUT2D eigenvalue weighted by atomic mass is 16.6. The molecule has 0 radical (unpaired) electrons. The molecule has 4 aromatic rings. The van der Waals surface area contributed by atoms with Crippen molar-refractivity contribution in [3.05, 3.63) is 88.2 Å².